The fourth-order valence-electron chi connectivity index (χ4n) is 3.21. The van der Waals surface area contributed by atoms with Gasteiger partial charge >= 0.3 is 0 Å². The molecule has 0 unspecified atom stereocenters. The van der Waals surface area contributed by atoms with E-state index in [1.807, 2.05) is 31.4 Å². The molecule has 3 aromatic rings. The van der Waals surface area contributed by atoms with E-state index < -0.39 is 11.6 Å². The fourth-order valence-corrected chi connectivity index (χ4v) is 3.64. The molecular weight excluding hydrogens is 394 g/mol. The summed E-state index contributed by atoms with van der Waals surface area (Å²) in [5.74, 6) is 0.665. The van der Waals surface area contributed by atoms with Crippen molar-refractivity contribution in [3.8, 4) is 11.5 Å². The molecule has 1 N–H and O–H groups in total. The second-order valence-electron chi connectivity index (χ2n) is 6.66. The van der Waals surface area contributed by atoms with Gasteiger partial charge in [0.1, 0.15) is 17.3 Å². The van der Waals surface area contributed by atoms with E-state index >= 15 is 0 Å². The lowest BCUT2D eigenvalue weighted by molar-refractivity contribution is 0.427. The van der Waals surface area contributed by atoms with Gasteiger partial charge in [-0.25, -0.2) is 8.78 Å². The second-order valence-corrected chi connectivity index (χ2v) is 7.73. The Morgan fingerprint density at radius 1 is 1.14 bits per heavy atom. The summed E-state index contributed by atoms with van der Waals surface area (Å²) in [7, 11) is 1.98. The van der Waals surface area contributed by atoms with E-state index in [2.05, 4.69) is 16.5 Å². The zero-order valence-electron chi connectivity index (χ0n) is 16.0. The molecule has 29 heavy (non-hydrogen) atoms. The molecule has 2 heterocycles. The molecule has 0 atom stereocenters. The largest absolute Gasteiger partial charge is 0.464 e. The SMILES string of the molecule is CCSNc1ccc(Oc2ccc(F)cc2F)c(C2=CN(C)Cc3ccoc32)c1. The van der Waals surface area contributed by atoms with Gasteiger partial charge in [-0.05, 0) is 36.4 Å². The van der Waals surface area contributed by atoms with Gasteiger partial charge in [-0.1, -0.05) is 18.9 Å². The average molecular weight is 414 g/mol. The summed E-state index contributed by atoms with van der Waals surface area (Å²) in [5, 5.41) is 0. The Morgan fingerprint density at radius 3 is 2.76 bits per heavy atom. The highest BCUT2D eigenvalue weighted by atomic mass is 32.2. The van der Waals surface area contributed by atoms with Crippen LogP contribution in [0.25, 0.3) is 5.57 Å². The van der Waals surface area contributed by atoms with Gasteiger partial charge < -0.3 is 18.8 Å². The highest BCUT2D eigenvalue weighted by Crippen LogP contribution is 2.40. The van der Waals surface area contributed by atoms with Crippen molar-refractivity contribution in [2.24, 2.45) is 0 Å². The third kappa shape index (κ3) is 4.10. The van der Waals surface area contributed by atoms with Crippen molar-refractivity contribution in [1.29, 1.82) is 0 Å². The molecule has 1 aliphatic rings. The molecule has 0 amide bonds. The number of hydrogen-bond donors (Lipinski definition) is 1. The van der Waals surface area contributed by atoms with Gasteiger partial charge in [-0.2, -0.15) is 0 Å². The number of anilines is 1. The number of nitrogens with zero attached hydrogens (tertiary/aromatic N) is 1. The molecule has 1 aliphatic heterocycles. The first-order valence-electron chi connectivity index (χ1n) is 9.19. The highest BCUT2D eigenvalue weighted by molar-refractivity contribution is 8.00. The van der Waals surface area contributed by atoms with Crippen molar-refractivity contribution in [3.63, 3.8) is 0 Å². The van der Waals surface area contributed by atoms with E-state index in [1.54, 1.807) is 24.3 Å². The van der Waals surface area contributed by atoms with E-state index in [-0.39, 0.29) is 5.75 Å². The number of ether oxygens (including phenoxy) is 1. The topological polar surface area (TPSA) is 37.6 Å². The quantitative estimate of drug-likeness (QED) is 0.482. The van der Waals surface area contributed by atoms with Gasteiger partial charge in [0.15, 0.2) is 11.6 Å². The van der Waals surface area contributed by atoms with E-state index in [0.29, 0.717) is 5.75 Å². The van der Waals surface area contributed by atoms with Crippen molar-refractivity contribution in [2.45, 2.75) is 13.5 Å². The maximum Gasteiger partial charge on any atom is 0.168 e. The van der Waals surface area contributed by atoms with Gasteiger partial charge in [0.2, 0.25) is 0 Å². The maximum atomic E-state index is 14.2. The predicted molar refractivity (Wildman–Crippen MR) is 112 cm³/mol. The van der Waals surface area contributed by atoms with Crippen LogP contribution in [0.15, 0.2) is 59.3 Å². The lowest BCUT2D eigenvalue weighted by Crippen LogP contribution is -2.16. The molecule has 0 bridgehead atoms. The fraction of sp³-hybridized carbons (Fsp3) is 0.182. The third-order valence-electron chi connectivity index (χ3n) is 4.48. The first-order valence-corrected chi connectivity index (χ1v) is 10.2. The molecule has 150 valence electrons. The summed E-state index contributed by atoms with van der Waals surface area (Å²) in [6, 6.07) is 10.8. The Bertz CT molecular complexity index is 1060. The molecule has 0 aliphatic carbocycles. The number of fused-ring (bicyclic) bond motifs is 1. The molecule has 0 fully saturated rings. The van der Waals surface area contributed by atoms with Crippen LogP contribution >= 0.6 is 11.9 Å². The van der Waals surface area contributed by atoms with Crippen LogP contribution in [0, 0.1) is 11.6 Å². The molecular formula is C22H20F2N2O2S. The average Bonchev–Trinajstić information content (AvgIpc) is 3.17. The number of nitrogens with one attached hydrogen (secondary N) is 1. The zero-order valence-corrected chi connectivity index (χ0v) is 16.9. The van der Waals surface area contributed by atoms with Crippen LogP contribution in [0.4, 0.5) is 14.5 Å². The highest BCUT2D eigenvalue weighted by Gasteiger charge is 2.23. The Labute approximate surface area is 172 Å². The van der Waals surface area contributed by atoms with Gasteiger partial charge in [-0.3, -0.25) is 0 Å². The Balaban J connectivity index is 1.79. The first kappa shape index (κ1) is 19.4. The molecule has 0 radical (unpaired) electrons. The number of halogens is 2. The van der Waals surface area contributed by atoms with E-state index in [9.17, 15) is 8.78 Å². The van der Waals surface area contributed by atoms with Crippen LogP contribution in [0.2, 0.25) is 0 Å². The molecule has 2 aromatic carbocycles. The molecule has 0 saturated heterocycles. The second kappa shape index (κ2) is 8.21. The number of rotatable bonds is 6. The summed E-state index contributed by atoms with van der Waals surface area (Å²) in [4.78, 5) is 2.05. The van der Waals surface area contributed by atoms with Gasteiger partial charge in [0, 0.05) is 54.0 Å². The van der Waals surface area contributed by atoms with E-state index in [0.717, 1.165) is 46.5 Å². The Hall–Kier alpha value is -2.93. The first-order chi connectivity index (χ1) is 14.0. The molecule has 4 nitrogen and oxygen atoms in total. The van der Waals surface area contributed by atoms with Crippen LogP contribution in [-0.4, -0.2) is 17.7 Å². The number of furan rings is 1. The van der Waals surface area contributed by atoms with Crippen molar-refractivity contribution < 1.29 is 17.9 Å². The Kier molecular flexibility index (Phi) is 5.49. The molecule has 1 aromatic heterocycles. The summed E-state index contributed by atoms with van der Waals surface area (Å²) in [6.45, 7) is 2.79. The Morgan fingerprint density at radius 2 is 1.97 bits per heavy atom. The van der Waals surface area contributed by atoms with Crippen LogP contribution in [-0.2, 0) is 6.54 Å². The van der Waals surface area contributed by atoms with Crippen LogP contribution in [0.5, 0.6) is 11.5 Å². The smallest absolute Gasteiger partial charge is 0.168 e. The number of hydrogen-bond acceptors (Lipinski definition) is 5. The van der Waals surface area contributed by atoms with Crippen LogP contribution in [0.1, 0.15) is 23.8 Å². The molecule has 4 rings (SSSR count). The maximum absolute atomic E-state index is 14.2. The van der Waals surface area contributed by atoms with Gasteiger partial charge in [0.05, 0.1) is 6.26 Å². The van der Waals surface area contributed by atoms with E-state index in [1.165, 1.54) is 12.1 Å². The van der Waals surface area contributed by atoms with Crippen LogP contribution in [0.3, 0.4) is 0 Å². The lowest BCUT2D eigenvalue weighted by atomic mass is 9.97. The summed E-state index contributed by atoms with van der Waals surface area (Å²) in [6.07, 6.45) is 3.64. The van der Waals surface area contributed by atoms with Gasteiger partial charge in [-0.15, -0.1) is 0 Å². The zero-order chi connectivity index (χ0) is 20.4. The summed E-state index contributed by atoms with van der Waals surface area (Å²) < 4.78 is 42.3. The monoisotopic (exact) mass is 414 g/mol. The minimum Gasteiger partial charge on any atom is -0.464 e. The lowest BCUT2D eigenvalue weighted by Gasteiger charge is -2.24. The minimum absolute atomic E-state index is 0.0410. The number of benzene rings is 2. The van der Waals surface area contributed by atoms with Gasteiger partial charge in [0.25, 0.3) is 0 Å². The van der Waals surface area contributed by atoms with Crippen molar-refractivity contribution in [3.05, 3.63) is 83.4 Å². The summed E-state index contributed by atoms with van der Waals surface area (Å²) >= 11 is 1.57. The molecule has 0 saturated carbocycles. The van der Waals surface area contributed by atoms with Crippen LogP contribution < -0.4 is 9.46 Å². The predicted octanol–water partition coefficient (Wildman–Crippen LogP) is 6.26. The van der Waals surface area contributed by atoms with Crippen molar-refractivity contribution in [1.82, 2.24) is 4.90 Å². The molecule has 0 spiro atoms. The normalized spacial score (nSPS) is 13.1. The third-order valence-corrected chi connectivity index (χ3v) is 5.15. The standard InChI is InChI=1S/C22H20F2N2O2S/c1-3-29-25-16-5-7-20(28-21-6-4-15(23)10-19(21)24)17(11-16)18-13-26(2)12-14-8-9-27-22(14)18/h4-11,13,25H,3,12H2,1-2H3. The van der Waals surface area contributed by atoms with Crippen molar-refractivity contribution in [2.75, 3.05) is 17.5 Å². The summed E-state index contributed by atoms with van der Waals surface area (Å²) in [5.41, 5.74) is 3.53. The van der Waals surface area contributed by atoms with Crippen molar-refractivity contribution >= 4 is 23.2 Å². The minimum atomic E-state index is -0.756. The molecule has 7 heteroatoms. The van der Waals surface area contributed by atoms with E-state index in [4.69, 9.17) is 9.15 Å².